The zero-order chi connectivity index (χ0) is 14.1. The molecule has 0 saturated carbocycles. The Kier molecular flexibility index (Phi) is 3.54. The third kappa shape index (κ3) is 2.34. The average Bonchev–Trinajstić information content (AvgIpc) is 2.94. The van der Waals surface area contributed by atoms with Crippen LogP contribution in [0.15, 0.2) is 47.2 Å². The first-order valence-corrected chi connectivity index (χ1v) is 7.24. The van der Waals surface area contributed by atoms with Crippen molar-refractivity contribution < 1.29 is 5.11 Å². The molecule has 5 heteroatoms. The molecule has 0 aliphatic rings. The van der Waals surface area contributed by atoms with E-state index >= 15 is 0 Å². The summed E-state index contributed by atoms with van der Waals surface area (Å²) < 4.78 is 2.58. The normalized spacial score (nSPS) is 12.8. The Hall–Kier alpha value is -1.72. The van der Waals surface area contributed by atoms with Crippen LogP contribution < -0.4 is 0 Å². The topological polar surface area (TPSA) is 50.9 Å². The summed E-state index contributed by atoms with van der Waals surface area (Å²) in [5.74, 6) is 0. The van der Waals surface area contributed by atoms with Crippen LogP contribution in [0.3, 0.4) is 0 Å². The van der Waals surface area contributed by atoms with E-state index in [4.69, 9.17) is 0 Å². The highest BCUT2D eigenvalue weighted by atomic mass is 79.9. The molecule has 2 aromatic heterocycles. The van der Waals surface area contributed by atoms with Gasteiger partial charge in [0.2, 0.25) is 0 Å². The van der Waals surface area contributed by atoms with E-state index < -0.39 is 6.10 Å². The fraction of sp³-hybridized carbons (Fsp3) is 0.200. The van der Waals surface area contributed by atoms with Gasteiger partial charge < -0.3 is 5.11 Å². The number of aromatic nitrogens is 3. The predicted octanol–water partition coefficient (Wildman–Crippen LogP) is 3.30. The number of aryl methyl sites for hydroxylation is 1. The van der Waals surface area contributed by atoms with Crippen LogP contribution in [0.4, 0.5) is 0 Å². The van der Waals surface area contributed by atoms with Crippen molar-refractivity contribution >= 4 is 26.8 Å². The number of para-hydroxylation sites is 1. The molecule has 20 heavy (non-hydrogen) atoms. The Balaban J connectivity index is 2.06. The molecule has 1 aromatic carbocycles. The van der Waals surface area contributed by atoms with Gasteiger partial charge in [-0.05, 0) is 35.0 Å². The van der Waals surface area contributed by atoms with Gasteiger partial charge in [0.05, 0.1) is 17.4 Å². The summed E-state index contributed by atoms with van der Waals surface area (Å²) in [5, 5.41) is 15.7. The molecule has 4 nitrogen and oxygen atoms in total. The molecule has 0 aliphatic heterocycles. The summed E-state index contributed by atoms with van der Waals surface area (Å²) in [7, 11) is 0. The summed E-state index contributed by atoms with van der Waals surface area (Å²) in [5.41, 5.74) is 2.22. The molecule has 3 aromatic rings. The van der Waals surface area contributed by atoms with E-state index in [1.807, 2.05) is 43.5 Å². The smallest absolute Gasteiger partial charge is 0.125 e. The molecule has 0 fully saturated rings. The molecule has 3 rings (SSSR count). The number of aliphatic hydroxyl groups is 1. The summed E-state index contributed by atoms with van der Waals surface area (Å²) in [4.78, 5) is 4.55. The second kappa shape index (κ2) is 5.34. The molecule has 0 aliphatic carbocycles. The maximum absolute atomic E-state index is 10.5. The highest BCUT2D eigenvalue weighted by Crippen LogP contribution is 2.29. The Bertz CT molecular complexity index is 754. The third-order valence-corrected chi connectivity index (χ3v) is 3.89. The number of nitrogens with zero attached hydrogens (tertiary/aromatic N) is 3. The SMILES string of the molecule is CCn1cc(C(O)c2nc3ccccc3cc2Br)cn1. The number of halogens is 1. The summed E-state index contributed by atoms with van der Waals surface area (Å²) in [6.07, 6.45) is 2.74. The van der Waals surface area contributed by atoms with Crippen LogP contribution in [0.25, 0.3) is 10.9 Å². The van der Waals surface area contributed by atoms with Crippen molar-refractivity contribution in [1.82, 2.24) is 14.8 Å². The first-order valence-electron chi connectivity index (χ1n) is 6.44. The second-order valence-electron chi connectivity index (χ2n) is 4.58. The molecule has 1 unspecified atom stereocenters. The van der Waals surface area contributed by atoms with Gasteiger partial charge in [0, 0.05) is 28.2 Å². The highest BCUT2D eigenvalue weighted by Gasteiger charge is 2.18. The maximum atomic E-state index is 10.5. The zero-order valence-electron chi connectivity index (χ0n) is 11.0. The van der Waals surface area contributed by atoms with Gasteiger partial charge in [-0.1, -0.05) is 18.2 Å². The van der Waals surface area contributed by atoms with Gasteiger partial charge in [-0.2, -0.15) is 5.10 Å². The lowest BCUT2D eigenvalue weighted by Gasteiger charge is -2.11. The lowest BCUT2D eigenvalue weighted by Crippen LogP contribution is -2.03. The lowest BCUT2D eigenvalue weighted by atomic mass is 10.1. The molecule has 2 heterocycles. The van der Waals surface area contributed by atoms with Crippen molar-refractivity contribution in [3.8, 4) is 0 Å². The molecule has 1 atom stereocenters. The standard InChI is InChI=1S/C15H14BrN3O/c1-2-19-9-11(8-17-19)15(20)14-12(16)7-10-5-3-4-6-13(10)18-14/h3-9,15,20H,2H2,1H3. The van der Waals surface area contributed by atoms with Gasteiger partial charge in [0.15, 0.2) is 0 Å². The van der Waals surface area contributed by atoms with Crippen LogP contribution in [0.2, 0.25) is 0 Å². The van der Waals surface area contributed by atoms with Crippen LogP contribution in [-0.4, -0.2) is 19.9 Å². The third-order valence-electron chi connectivity index (χ3n) is 3.26. The van der Waals surface area contributed by atoms with Crippen molar-refractivity contribution in [2.24, 2.45) is 0 Å². The Morgan fingerprint density at radius 3 is 2.90 bits per heavy atom. The minimum absolute atomic E-state index is 0.611. The zero-order valence-corrected chi connectivity index (χ0v) is 12.6. The summed E-state index contributed by atoms with van der Waals surface area (Å²) in [6.45, 7) is 2.78. The molecular formula is C15H14BrN3O. The van der Waals surface area contributed by atoms with Gasteiger partial charge >= 0.3 is 0 Å². The van der Waals surface area contributed by atoms with Crippen LogP contribution in [0, 0.1) is 0 Å². The van der Waals surface area contributed by atoms with E-state index in [9.17, 15) is 5.11 Å². The number of hydrogen-bond donors (Lipinski definition) is 1. The van der Waals surface area contributed by atoms with Crippen molar-refractivity contribution in [2.75, 3.05) is 0 Å². The van der Waals surface area contributed by atoms with E-state index in [0.29, 0.717) is 5.69 Å². The van der Waals surface area contributed by atoms with Crippen molar-refractivity contribution in [3.63, 3.8) is 0 Å². The van der Waals surface area contributed by atoms with Crippen LogP contribution in [-0.2, 0) is 6.54 Å². The molecule has 102 valence electrons. The average molecular weight is 332 g/mol. The van der Waals surface area contributed by atoms with Crippen molar-refractivity contribution in [3.05, 3.63) is 58.5 Å². The summed E-state index contributed by atoms with van der Waals surface area (Å²) >= 11 is 3.49. The molecule has 0 saturated heterocycles. The largest absolute Gasteiger partial charge is 0.382 e. The number of aliphatic hydroxyl groups excluding tert-OH is 1. The molecule has 0 amide bonds. The number of benzene rings is 1. The van der Waals surface area contributed by atoms with Crippen molar-refractivity contribution in [2.45, 2.75) is 19.6 Å². The Morgan fingerprint density at radius 1 is 1.35 bits per heavy atom. The minimum atomic E-state index is -0.783. The maximum Gasteiger partial charge on any atom is 0.125 e. The molecule has 0 spiro atoms. The first-order chi connectivity index (χ1) is 9.69. The number of pyridine rings is 1. The molecule has 0 radical (unpaired) electrons. The Labute approximate surface area is 125 Å². The summed E-state index contributed by atoms with van der Waals surface area (Å²) in [6, 6.07) is 9.82. The second-order valence-corrected chi connectivity index (χ2v) is 5.43. The molecule has 0 bridgehead atoms. The first kappa shape index (κ1) is 13.3. The fourth-order valence-corrected chi connectivity index (χ4v) is 2.70. The Morgan fingerprint density at radius 2 is 2.15 bits per heavy atom. The van der Waals surface area contributed by atoms with E-state index in [0.717, 1.165) is 27.5 Å². The monoisotopic (exact) mass is 331 g/mol. The van der Waals surface area contributed by atoms with Gasteiger partial charge in [0.1, 0.15) is 6.10 Å². The van der Waals surface area contributed by atoms with Crippen LogP contribution >= 0.6 is 15.9 Å². The lowest BCUT2D eigenvalue weighted by molar-refractivity contribution is 0.215. The fourth-order valence-electron chi connectivity index (χ4n) is 2.15. The van der Waals surface area contributed by atoms with Crippen LogP contribution in [0.5, 0.6) is 0 Å². The van der Waals surface area contributed by atoms with Crippen LogP contribution in [0.1, 0.15) is 24.3 Å². The van der Waals surface area contributed by atoms with Gasteiger partial charge in [-0.25, -0.2) is 4.98 Å². The van der Waals surface area contributed by atoms with E-state index in [1.54, 1.807) is 10.9 Å². The van der Waals surface area contributed by atoms with E-state index in [-0.39, 0.29) is 0 Å². The van der Waals surface area contributed by atoms with Gasteiger partial charge in [-0.3, -0.25) is 4.68 Å². The molecule has 1 N–H and O–H groups in total. The van der Waals surface area contributed by atoms with E-state index in [2.05, 4.69) is 26.0 Å². The molecular weight excluding hydrogens is 318 g/mol. The van der Waals surface area contributed by atoms with E-state index in [1.165, 1.54) is 0 Å². The number of hydrogen-bond acceptors (Lipinski definition) is 3. The van der Waals surface area contributed by atoms with Gasteiger partial charge in [0.25, 0.3) is 0 Å². The highest BCUT2D eigenvalue weighted by molar-refractivity contribution is 9.10. The predicted molar refractivity (Wildman–Crippen MR) is 81.4 cm³/mol. The van der Waals surface area contributed by atoms with Crippen molar-refractivity contribution in [1.29, 1.82) is 0 Å². The quantitative estimate of drug-likeness (QED) is 0.801. The van der Waals surface area contributed by atoms with Gasteiger partial charge in [-0.15, -0.1) is 0 Å². The minimum Gasteiger partial charge on any atom is -0.382 e. The number of rotatable bonds is 3. The number of fused-ring (bicyclic) bond motifs is 1.